The molecule has 74 heavy (non-hydrogen) atoms. The van der Waals surface area contributed by atoms with Gasteiger partial charge in [0, 0.05) is 6.42 Å². The first-order valence-corrected chi connectivity index (χ1v) is 34.9. The summed E-state index contributed by atoms with van der Waals surface area (Å²) in [5, 5.41) is 23.3. The zero-order valence-corrected chi connectivity index (χ0v) is 51.2. The average molecular weight is 1040 g/mol. The van der Waals surface area contributed by atoms with Crippen LogP contribution in [0.5, 0.6) is 0 Å². The maximum absolute atomic E-state index is 12.5. The van der Waals surface area contributed by atoms with Crippen LogP contribution in [-0.2, 0) is 4.79 Å². The standard InChI is InChI=1S/C70H139NO3/c1-3-5-7-9-11-13-15-17-19-21-23-25-27-29-30-31-32-33-34-35-36-37-38-39-40-41-42-44-46-48-50-52-54-56-58-60-62-64-66-70(74)71-68(67-72)69(73)65-63-61-59-57-55-53-51-49-47-45-43-28-26-24-22-20-18-16-14-12-10-8-6-4-2/h63,65,68-69,72-73H,3-62,64,66-67H2,1-2H3,(H,71,74)/b65-63+. The molecule has 0 aromatic carbocycles. The molecule has 4 heteroatoms. The van der Waals surface area contributed by atoms with E-state index >= 15 is 0 Å². The van der Waals surface area contributed by atoms with Gasteiger partial charge in [0.25, 0.3) is 0 Å². The summed E-state index contributed by atoms with van der Waals surface area (Å²) in [6.45, 7) is 4.37. The Morgan fingerprint density at radius 2 is 0.500 bits per heavy atom. The van der Waals surface area contributed by atoms with Gasteiger partial charge in [0.2, 0.25) is 5.91 Å². The van der Waals surface area contributed by atoms with Crippen molar-refractivity contribution in [3.63, 3.8) is 0 Å². The van der Waals surface area contributed by atoms with Gasteiger partial charge in [-0.25, -0.2) is 0 Å². The number of carbonyl (C=O) groups excluding carboxylic acids is 1. The Labute approximate surface area is 467 Å². The van der Waals surface area contributed by atoms with Crippen LogP contribution in [0.15, 0.2) is 12.2 Å². The van der Waals surface area contributed by atoms with Gasteiger partial charge in [0.1, 0.15) is 0 Å². The Morgan fingerprint density at radius 1 is 0.311 bits per heavy atom. The first kappa shape index (κ1) is 73.1. The molecule has 0 spiro atoms. The molecule has 0 rings (SSSR count). The summed E-state index contributed by atoms with van der Waals surface area (Å²) in [5.41, 5.74) is 0. The van der Waals surface area contributed by atoms with Crippen molar-refractivity contribution in [1.29, 1.82) is 0 Å². The van der Waals surface area contributed by atoms with E-state index in [0.717, 1.165) is 25.7 Å². The summed E-state index contributed by atoms with van der Waals surface area (Å²) in [6, 6.07) is -0.619. The number of hydrogen-bond donors (Lipinski definition) is 3. The van der Waals surface area contributed by atoms with Crippen molar-refractivity contribution in [3.05, 3.63) is 12.2 Å². The predicted octanol–water partition coefficient (Wildman–Crippen LogP) is 23.6. The van der Waals surface area contributed by atoms with E-state index in [-0.39, 0.29) is 12.5 Å². The molecule has 0 aliphatic carbocycles. The lowest BCUT2D eigenvalue weighted by Crippen LogP contribution is -2.45. The van der Waals surface area contributed by atoms with Crippen molar-refractivity contribution in [2.45, 2.75) is 424 Å². The SMILES string of the molecule is CCCCCCCCCCCCCCCCCCCCCCCC/C=C/C(O)C(CO)NC(=O)CCCCCCCCCCCCCCCCCCCCCCCCCCCCCCCCCCCCCCCC. The maximum atomic E-state index is 12.5. The second kappa shape index (κ2) is 66.4. The third-order valence-electron chi connectivity index (χ3n) is 16.8. The Bertz CT molecular complexity index is 1040. The van der Waals surface area contributed by atoms with Crippen LogP contribution >= 0.6 is 0 Å². The molecule has 4 nitrogen and oxygen atoms in total. The Balaban J connectivity index is 3.37. The highest BCUT2D eigenvalue weighted by Gasteiger charge is 2.18. The summed E-state index contributed by atoms with van der Waals surface area (Å²) in [4.78, 5) is 12.5. The molecule has 442 valence electrons. The van der Waals surface area contributed by atoms with E-state index in [2.05, 4.69) is 19.2 Å². The molecule has 0 heterocycles. The molecular weight excluding hydrogens is 903 g/mol. The van der Waals surface area contributed by atoms with Gasteiger partial charge >= 0.3 is 0 Å². The van der Waals surface area contributed by atoms with Crippen LogP contribution in [0.25, 0.3) is 0 Å². The van der Waals surface area contributed by atoms with Crippen molar-refractivity contribution in [2.75, 3.05) is 6.61 Å². The van der Waals surface area contributed by atoms with E-state index in [0.29, 0.717) is 6.42 Å². The molecule has 0 aliphatic heterocycles. The first-order valence-electron chi connectivity index (χ1n) is 34.9. The number of aliphatic hydroxyl groups is 2. The topological polar surface area (TPSA) is 69.6 Å². The zero-order chi connectivity index (χ0) is 53.4. The minimum atomic E-state index is -0.837. The molecular formula is C70H139NO3. The Morgan fingerprint density at radius 3 is 0.703 bits per heavy atom. The molecule has 2 atom stereocenters. The van der Waals surface area contributed by atoms with E-state index in [1.54, 1.807) is 6.08 Å². The van der Waals surface area contributed by atoms with Crippen LogP contribution in [0.3, 0.4) is 0 Å². The zero-order valence-electron chi connectivity index (χ0n) is 51.2. The number of carbonyl (C=O) groups is 1. The average Bonchev–Trinajstić information content (AvgIpc) is 3.40. The van der Waals surface area contributed by atoms with E-state index in [4.69, 9.17) is 0 Å². The van der Waals surface area contributed by atoms with Gasteiger partial charge in [-0.3, -0.25) is 4.79 Å². The van der Waals surface area contributed by atoms with Crippen LogP contribution < -0.4 is 5.32 Å². The third-order valence-corrected chi connectivity index (χ3v) is 16.8. The number of unbranched alkanes of at least 4 members (excludes halogenated alkanes) is 59. The molecule has 2 unspecified atom stereocenters. The van der Waals surface area contributed by atoms with E-state index in [1.165, 1.54) is 366 Å². The highest BCUT2D eigenvalue weighted by atomic mass is 16.3. The highest BCUT2D eigenvalue weighted by Crippen LogP contribution is 2.20. The van der Waals surface area contributed by atoms with Gasteiger partial charge < -0.3 is 15.5 Å². The maximum Gasteiger partial charge on any atom is 0.220 e. The van der Waals surface area contributed by atoms with E-state index < -0.39 is 12.1 Å². The summed E-state index contributed by atoms with van der Waals surface area (Å²) >= 11 is 0. The van der Waals surface area contributed by atoms with Gasteiger partial charge in [-0.15, -0.1) is 0 Å². The number of amides is 1. The summed E-state index contributed by atoms with van der Waals surface area (Å²) in [5.74, 6) is -0.0532. The lowest BCUT2D eigenvalue weighted by molar-refractivity contribution is -0.123. The first-order chi connectivity index (χ1) is 36.7. The molecule has 3 N–H and O–H groups in total. The van der Waals surface area contributed by atoms with Crippen molar-refractivity contribution < 1.29 is 15.0 Å². The van der Waals surface area contributed by atoms with Gasteiger partial charge in [-0.05, 0) is 19.3 Å². The van der Waals surface area contributed by atoms with E-state index in [1.807, 2.05) is 6.08 Å². The van der Waals surface area contributed by atoms with Crippen molar-refractivity contribution >= 4 is 5.91 Å². The number of nitrogens with one attached hydrogen (secondary N) is 1. The largest absolute Gasteiger partial charge is 0.394 e. The monoisotopic (exact) mass is 1040 g/mol. The number of allylic oxidation sites excluding steroid dienone is 1. The Kier molecular flexibility index (Phi) is 65.6. The van der Waals surface area contributed by atoms with Crippen LogP contribution in [0.2, 0.25) is 0 Å². The normalized spacial score (nSPS) is 12.6. The second-order valence-electron chi connectivity index (χ2n) is 24.3. The molecule has 0 radical (unpaired) electrons. The summed E-state index contributed by atoms with van der Waals surface area (Å²) in [7, 11) is 0. The van der Waals surface area contributed by atoms with Crippen LogP contribution in [0.1, 0.15) is 412 Å². The van der Waals surface area contributed by atoms with Crippen molar-refractivity contribution in [2.24, 2.45) is 0 Å². The molecule has 1 amide bonds. The lowest BCUT2D eigenvalue weighted by Gasteiger charge is -2.20. The Hall–Kier alpha value is -0.870. The fourth-order valence-electron chi connectivity index (χ4n) is 11.5. The van der Waals surface area contributed by atoms with Crippen LogP contribution in [0, 0.1) is 0 Å². The third kappa shape index (κ3) is 62.0. The van der Waals surface area contributed by atoms with Gasteiger partial charge in [0.05, 0.1) is 18.8 Å². The van der Waals surface area contributed by atoms with Crippen LogP contribution in [0.4, 0.5) is 0 Å². The second-order valence-corrected chi connectivity index (χ2v) is 24.3. The van der Waals surface area contributed by atoms with Gasteiger partial charge in [0.15, 0.2) is 0 Å². The highest BCUT2D eigenvalue weighted by molar-refractivity contribution is 5.76. The minimum absolute atomic E-state index is 0.0532. The number of aliphatic hydroxyl groups excluding tert-OH is 2. The summed E-state index contributed by atoms with van der Waals surface area (Å²) < 4.78 is 0. The van der Waals surface area contributed by atoms with Gasteiger partial charge in [-0.1, -0.05) is 398 Å². The number of rotatable bonds is 66. The molecule has 0 bridgehead atoms. The lowest BCUT2D eigenvalue weighted by atomic mass is 10.0. The molecule has 0 saturated heterocycles. The molecule has 0 aromatic heterocycles. The minimum Gasteiger partial charge on any atom is -0.394 e. The van der Waals surface area contributed by atoms with E-state index in [9.17, 15) is 15.0 Å². The van der Waals surface area contributed by atoms with Crippen molar-refractivity contribution in [1.82, 2.24) is 5.32 Å². The predicted molar refractivity (Wildman–Crippen MR) is 332 cm³/mol. The fraction of sp³-hybridized carbons (Fsp3) is 0.957. The molecule has 0 fully saturated rings. The van der Waals surface area contributed by atoms with Crippen LogP contribution in [-0.4, -0.2) is 34.9 Å². The molecule has 0 aromatic rings. The molecule has 0 saturated carbocycles. The van der Waals surface area contributed by atoms with Crippen molar-refractivity contribution in [3.8, 4) is 0 Å². The van der Waals surface area contributed by atoms with Gasteiger partial charge in [-0.2, -0.15) is 0 Å². The fourth-order valence-corrected chi connectivity index (χ4v) is 11.5. The quantitative estimate of drug-likeness (QED) is 0.0420. The smallest absolute Gasteiger partial charge is 0.220 e. The summed E-state index contributed by atoms with van der Waals surface area (Å²) in [6.07, 6.45) is 88.8. The molecule has 0 aliphatic rings. The number of hydrogen-bond acceptors (Lipinski definition) is 3.